The molecule has 2 aromatic rings. The average molecular weight is 333 g/mol. The molecular weight excluding hydrogens is 312 g/mol. The molecule has 23 heavy (non-hydrogen) atoms. The van der Waals surface area contributed by atoms with Crippen LogP contribution in [0.2, 0.25) is 5.02 Å². The van der Waals surface area contributed by atoms with Gasteiger partial charge in [0.05, 0.1) is 5.69 Å². The standard InChI is InChI=1S/C17H21ClN4O/c1-12-8-16(19)22(20-12)11-17(23)21-7-6-14(10-21)9-13-2-4-15(18)5-3-13/h2-5,8,14H,6-7,9-11,19H2,1H3. The number of amides is 1. The Morgan fingerprint density at radius 1 is 1.39 bits per heavy atom. The third-order valence-corrected chi connectivity index (χ3v) is 4.55. The molecule has 3 rings (SSSR count). The molecule has 1 aromatic heterocycles. The Bertz CT molecular complexity index is 695. The molecule has 0 bridgehead atoms. The van der Waals surface area contributed by atoms with Gasteiger partial charge in [-0.25, -0.2) is 4.68 Å². The lowest BCUT2D eigenvalue weighted by atomic mass is 9.99. The second-order valence-electron chi connectivity index (χ2n) is 6.19. The summed E-state index contributed by atoms with van der Waals surface area (Å²) in [6.07, 6.45) is 2.01. The maximum Gasteiger partial charge on any atom is 0.244 e. The van der Waals surface area contributed by atoms with Gasteiger partial charge in [-0.1, -0.05) is 23.7 Å². The average Bonchev–Trinajstić information content (AvgIpc) is 3.09. The van der Waals surface area contributed by atoms with Crippen molar-refractivity contribution in [1.29, 1.82) is 0 Å². The predicted octanol–water partition coefficient (Wildman–Crippen LogP) is 2.52. The number of benzene rings is 1. The van der Waals surface area contributed by atoms with Crippen molar-refractivity contribution in [3.05, 3.63) is 46.6 Å². The molecule has 1 atom stereocenters. The molecule has 2 heterocycles. The van der Waals surface area contributed by atoms with Gasteiger partial charge < -0.3 is 10.6 Å². The number of hydrogen-bond donors (Lipinski definition) is 1. The van der Waals surface area contributed by atoms with E-state index in [2.05, 4.69) is 17.2 Å². The molecule has 1 aromatic carbocycles. The minimum atomic E-state index is 0.0819. The number of carbonyl (C=O) groups is 1. The number of hydrogen-bond acceptors (Lipinski definition) is 3. The molecule has 0 aliphatic carbocycles. The van der Waals surface area contributed by atoms with Crippen LogP contribution in [0.3, 0.4) is 0 Å². The molecular formula is C17H21ClN4O. The summed E-state index contributed by atoms with van der Waals surface area (Å²) in [5.74, 6) is 1.11. The Balaban J connectivity index is 1.55. The van der Waals surface area contributed by atoms with E-state index in [1.54, 1.807) is 10.7 Å². The largest absolute Gasteiger partial charge is 0.384 e. The van der Waals surface area contributed by atoms with Gasteiger partial charge in [0, 0.05) is 24.2 Å². The number of nitrogen functional groups attached to an aromatic ring is 1. The minimum absolute atomic E-state index is 0.0819. The Morgan fingerprint density at radius 3 is 2.78 bits per heavy atom. The maximum absolute atomic E-state index is 12.4. The molecule has 0 saturated carbocycles. The van der Waals surface area contributed by atoms with E-state index in [1.807, 2.05) is 24.0 Å². The summed E-state index contributed by atoms with van der Waals surface area (Å²) in [4.78, 5) is 14.3. The number of rotatable bonds is 4. The highest BCUT2D eigenvalue weighted by molar-refractivity contribution is 6.30. The first-order valence-corrected chi connectivity index (χ1v) is 8.21. The van der Waals surface area contributed by atoms with Crippen molar-refractivity contribution in [3.63, 3.8) is 0 Å². The van der Waals surface area contributed by atoms with E-state index in [4.69, 9.17) is 17.3 Å². The van der Waals surface area contributed by atoms with Crippen LogP contribution in [0, 0.1) is 12.8 Å². The Hall–Kier alpha value is -2.01. The predicted molar refractivity (Wildman–Crippen MR) is 91.2 cm³/mol. The summed E-state index contributed by atoms with van der Waals surface area (Å²) in [5, 5.41) is 5.00. The van der Waals surface area contributed by atoms with E-state index in [-0.39, 0.29) is 12.5 Å². The van der Waals surface area contributed by atoms with Crippen molar-refractivity contribution in [2.24, 2.45) is 5.92 Å². The number of halogens is 1. The van der Waals surface area contributed by atoms with E-state index >= 15 is 0 Å². The fourth-order valence-corrected chi connectivity index (χ4v) is 3.23. The van der Waals surface area contributed by atoms with Crippen LogP contribution < -0.4 is 5.73 Å². The van der Waals surface area contributed by atoms with Crippen LogP contribution in [0.4, 0.5) is 5.82 Å². The fraction of sp³-hybridized carbons (Fsp3) is 0.412. The molecule has 2 N–H and O–H groups in total. The fourth-order valence-electron chi connectivity index (χ4n) is 3.10. The molecule has 1 aliphatic heterocycles. The first-order chi connectivity index (χ1) is 11.0. The lowest BCUT2D eigenvalue weighted by Gasteiger charge is -2.17. The highest BCUT2D eigenvalue weighted by atomic mass is 35.5. The quantitative estimate of drug-likeness (QED) is 0.935. The molecule has 6 heteroatoms. The molecule has 122 valence electrons. The number of aryl methyl sites for hydroxylation is 1. The van der Waals surface area contributed by atoms with E-state index in [9.17, 15) is 4.79 Å². The normalized spacial score (nSPS) is 17.7. The van der Waals surface area contributed by atoms with Crippen molar-refractivity contribution < 1.29 is 4.79 Å². The lowest BCUT2D eigenvalue weighted by Crippen LogP contribution is -2.32. The smallest absolute Gasteiger partial charge is 0.244 e. The van der Waals surface area contributed by atoms with Crippen LogP contribution >= 0.6 is 11.6 Å². The third kappa shape index (κ3) is 3.85. The van der Waals surface area contributed by atoms with Gasteiger partial charge in [0.25, 0.3) is 0 Å². The van der Waals surface area contributed by atoms with Gasteiger partial charge in [0.2, 0.25) is 5.91 Å². The topological polar surface area (TPSA) is 64.2 Å². The van der Waals surface area contributed by atoms with Crippen molar-refractivity contribution in [2.45, 2.75) is 26.3 Å². The second-order valence-corrected chi connectivity index (χ2v) is 6.63. The van der Waals surface area contributed by atoms with Gasteiger partial charge >= 0.3 is 0 Å². The van der Waals surface area contributed by atoms with Crippen molar-refractivity contribution in [2.75, 3.05) is 18.8 Å². The van der Waals surface area contributed by atoms with Gasteiger partial charge in [-0.3, -0.25) is 4.79 Å². The molecule has 1 fully saturated rings. The summed E-state index contributed by atoms with van der Waals surface area (Å²) >= 11 is 5.91. The first kappa shape index (κ1) is 15.9. The molecule has 1 unspecified atom stereocenters. The van der Waals surface area contributed by atoms with E-state index in [0.717, 1.165) is 36.6 Å². The number of anilines is 1. The third-order valence-electron chi connectivity index (χ3n) is 4.29. The zero-order valence-electron chi connectivity index (χ0n) is 13.2. The van der Waals surface area contributed by atoms with Crippen LogP contribution in [0.15, 0.2) is 30.3 Å². The first-order valence-electron chi connectivity index (χ1n) is 7.83. The summed E-state index contributed by atoms with van der Waals surface area (Å²) in [7, 11) is 0. The van der Waals surface area contributed by atoms with Crippen molar-refractivity contribution >= 4 is 23.3 Å². The summed E-state index contributed by atoms with van der Waals surface area (Å²) in [5.41, 5.74) is 7.94. The molecule has 0 radical (unpaired) electrons. The summed E-state index contributed by atoms with van der Waals surface area (Å²) < 4.78 is 1.57. The minimum Gasteiger partial charge on any atom is -0.384 e. The van der Waals surface area contributed by atoms with Gasteiger partial charge in [-0.05, 0) is 43.4 Å². The Morgan fingerprint density at radius 2 is 2.13 bits per heavy atom. The zero-order valence-corrected chi connectivity index (χ0v) is 14.0. The van der Waals surface area contributed by atoms with Crippen molar-refractivity contribution in [3.8, 4) is 0 Å². The lowest BCUT2D eigenvalue weighted by molar-refractivity contribution is -0.131. The van der Waals surface area contributed by atoms with Crippen LogP contribution in [-0.2, 0) is 17.8 Å². The van der Waals surface area contributed by atoms with Gasteiger partial charge in [-0.2, -0.15) is 5.10 Å². The highest BCUT2D eigenvalue weighted by Crippen LogP contribution is 2.22. The molecule has 1 aliphatic rings. The molecule has 1 amide bonds. The zero-order chi connectivity index (χ0) is 16.4. The van der Waals surface area contributed by atoms with E-state index in [0.29, 0.717) is 11.7 Å². The monoisotopic (exact) mass is 332 g/mol. The maximum atomic E-state index is 12.4. The number of aromatic nitrogens is 2. The van der Waals surface area contributed by atoms with Crippen LogP contribution in [0.25, 0.3) is 0 Å². The Labute approximate surface area is 141 Å². The summed E-state index contributed by atoms with van der Waals surface area (Å²) in [6.45, 7) is 3.68. The second kappa shape index (κ2) is 6.62. The number of carbonyl (C=O) groups excluding carboxylic acids is 1. The Kier molecular flexibility index (Phi) is 4.57. The van der Waals surface area contributed by atoms with Gasteiger partial charge in [0.1, 0.15) is 12.4 Å². The summed E-state index contributed by atoms with van der Waals surface area (Å²) in [6, 6.07) is 9.72. The molecule has 1 saturated heterocycles. The van der Waals surface area contributed by atoms with Crippen LogP contribution in [0.5, 0.6) is 0 Å². The van der Waals surface area contributed by atoms with Crippen LogP contribution in [0.1, 0.15) is 17.7 Å². The van der Waals surface area contributed by atoms with Crippen LogP contribution in [-0.4, -0.2) is 33.7 Å². The molecule has 0 spiro atoms. The van der Waals surface area contributed by atoms with E-state index < -0.39 is 0 Å². The van der Waals surface area contributed by atoms with Gasteiger partial charge in [0.15, 0.2) is 0 Å². The van der Waals surface area contributed by atoms with Crippen molar-refractivity contribution in [1.82, 2.24) is 14.7 Å². The molecule has 5 nitrogen and oxygen atoms in total. The highest BCUT2D eigenvalue weighted by Gasteiger charge is 2.26. The number of nitrogens with two attached hydrogens (primary N) is 1. The van der Waals surface area contributed by atoms with E-state index in [1.165, 1.54) is 5.56 Å². The number of likely N-dealkylation sites (tertiary alicyclic amines) is 1. The number of nitrogens with zero attached hydrogens (tertiary/aromatic N) is 3. The van der Waals surface area contributed by atoms with Gasteiger partial charge in [-0.15, -0.1) is 0 Å². The SMILES string of the molecule is Cc1cc(N)n(CC(=O)N2CCC(Cc3ccc(Cl)cc3)C2)n1.